The summed E-state index contributed by atoms with van der Waals surface area (Å²) >= 11 is 0. The first kappa shape index (κ1) is 14.4. The van der Waals surface area contributed by atoms with Gasteiger partial charge in [-0.2, -0.15) is 0 Å². The summed E-state index contributed by atoms with van der Waals surface area (Å²) < 4.78 is 10.4. The van der Waals surface area contributed by atoms with Crippen molar-refractivity contribution in [3.8, 4) is 5.88 Å². The van der Waals surface area contributed by atoms with Crippen molar-refractivity contribution in [2.45, 2.75) is 25.8 Å². The predicted octanol–water partition coefficient (Wildman–Crippen LogP) is 3.12. The first-order chi connectivity index (χ1) is 10.3. The smallest absolute Gasteiger partial charge is 0.213 e. The average Bonchev–Trinajstić information content (AvgIpc) is 3.12. The number of nitrogens with zero attached hydrogens (tertiary/aromatic N) is 1. The molecule has 1 aromatic rings. The van der Waals surface area contributed by atoms with Gasteiger partial charge < -0.3 is 14.8 Å². The molecule has 0 aliphatic heterocycles. The molecule has 0 aromatic carbocycles. The largest absolute Gasteiger partial charge is 0.475 e. The number of anilines is 1. The lowest BCUT2D eigenvalue weighted by Crippen LogP contribution is -2.28. The van der Waals surface area contributed by atoms with Gasteiger partial charge in [-0.3, -0.25) is 0 Å². The van der Waals surface area contributed by atoms with Crippen LogP contribution in [0.15, 0.2) is 30.5 Å². The number of pyridine rings is 1. The van der Waals surface area contributed by atoms with Crippen molar-refractivity contribution < 1.29 is 9.47 Å². The quantitative estimate of drug-likeness (QED) is 0.618. The molecule has 1 saturated carbocycles. The van der Waals surface area contributed by atoms with E-state index in [0.29, 0.717) is 25.1 Å². The highest BCUT2D eigenvalue weighted by Gasteiger charge is 2.38. The Morgan fingerprint density at radius 1 is 1.29 bits per heavy atom. The van der Waals surface area contributed by atoms with Crippen molar-refractivity contribution >= 4 is 5.69 Å². The van der Waals surface area contributed by atoms with Crippen molar-refractivity contribution in [2.24, 2.45) is 17.8 Å². The second-order valence-electron chi connectivity index (χ2n) is 6.10. The van der Waals surface area contributed by atoms with Gasteiger partial charge in [0.25, 0.3) is 0 Å². The normalized spacial score (nSPS) is 27.8. The lowest BCUT2D eigenvalue weighted by molar-refractivity contribution is 0.144. The molecule has 21 heavy (non-hydrogen) atoms. The van der Waals surface area contributed by atoms with Crippen LogP contribution in [-0.4, -0.2) is 31.3 Å². The van der Waals surface area contributed by atoms with Gasteiger partial charge in [0.15, 0.2) is 0 Å². The van der Waals surface area contributed by atoms with Gasteiger partial charge >= 0.3 is 0 Å². The summed E-state index contributed by atoms with van der Waals surface area (Å²) in [7, 11) is 1.66. The van der Waals surface area contributed by atoms with Crippen molar-refractivity contribution in [1.82, 2.24) is 4.98 Å². The number of hydrogen-bond acceptors (Lipinski definition) is 4. The Morgan fingerprint density at radius 3 is 2.81 bits per heavy atom. The van der Waals surface area contributed by atoms with Gasteiger partial charge in [0.1, 0.15) is 6.61 Å². The van der Waals surface area contributed by atoms with Gasteiger partial charge in [0.05, 0.1) is 18.5 Å². The molecule has 0 radical (unpaired) electrons. The van der Waals surface area contributed by atoms with E-state index in [1.165, 1.54) is 12.8 Å². The molecular weight excluding hydrogens is 264 g/mol. The van der Waals surface area contributed by atoms with Gasteiger partial charge in [0.2, 0.25) is 5.88 Å². The zero-order chi connectivity index (χ0) is 14.7. The van der Waals surface area contributed by atoms with Crippen molar-refractivity contribution in [3.05, 3.63) is 30.5 Å². The molecule has 3 rings (SSSR count). The third-order valence-corrected chi connectivity index (χ3v) is 4.64. The average molecular weight is 288 g/mol. The highest BCUT2D eigenvalue weighted by atomic mass is 16.5. The van der Waals surface area contributed by atoms with Crippen LogP contribution in [0.2, 0.25) is 0 Å². The van der Waals surface area contributed by atoms with E-state index in [-0.39, 0.29) is 0 Å². The van der Waals surface area contributed by atoms with Crippen LogP contribution in [0.25, 0.3) is 0 Å². The summed E-state index contributed by atoms with van der Waals surface area (Å²) in [6.07, 6.45) is 9.31. The van der Waals surface area contributed by atoms with E-state index in [9.17, 15) is 0 Å². The van der Waals surface area contributed by atoms with Crippen LogP contribution in [0.3, 0.4) is 0 Å². The second-order valence-corrected chi connectivity index (χ2v) is 6.10. The summed E-state index contributed by atoms with van der Waals surface area (Å²) in [6.45, 7) is 3.39. The molecule has 1 N–H and O–H groups in total. The summed E-state index contributed by atoms with van der Waals surface area (Å²) in [5.74, 6) is 2.98. The lowest BCUT2D eigenvalue weighted by atomic mass is 9.87. The molecule has 4 unspecified atom stereocenters. The maximum Gasteiger partial charge on any atom is 0.213 e. The Hall–Kier alpha value is -1.55. The first-order valence-corrected chi connectivity index (χ1v) is 7.79. The van der Waals surface area contributed by atoms with E-state index in [4.69, 9.17) is 9.47 Å². The number of aromatic nitrogens is 1. The maximum atomic E-state index is 5.47. The maximum absolute atomic E-state index is 5.47. The summed E-state index contributed by atoms with van der Waals surface area (Å²) in [6, 6.07) is 4.42. The molecule has 0 spiro atoms. The van der Waals surface area contributed by atoms with Gasteiger partial charge in [-0.15, -0.1) is 0 Å². The Kier molecular flexibility index (Phi) is 4.44. The fraction of sp³-hybridized carbons (Fsp3) is 0.588. The van der Waals surface area contributed by atoms with E-state index < -0.39 is 0 Å². The Balaban J connectivity index is 1.51. The predicted molar refractivity (Wildman–Crippen MR) is 83.5 cm³/mol. The summed E-state index contributed by atoms with van der Waals surface area (Å²) in [5, 5.41) is 3.59. The number of rotatable bonds is 7. The van der Waals surface area contributed by atoms with Crippen LogP contribution < -0.4 is 10.1 Å². The van der Waals surface area contributed by atoms with Gasteiger partial charge in [-0.25, -0.2) is 4.98 Å². The topological polar surface area (TPSA) is 43.4 Å². The van der Waals surface area contributed by atoms with Crippen LogP contribution in [0.1, 0.15) is 19.8 Å². The van der Waals surface area contributed by atoms with E-state index in [1.54, 1.807) is 7.11 Å². The standard InChI is InChI=1S/C17H24N2O2/c1-12(16-10-13-3-4-14(16)9-13)19-15-5-6-17(18-11-15)21-8-7-20-2/h3-6,11-14,16,19H,7-10H2,1-2H3. The highest BCUT2D eigenvalue weighted by molar-refractivity contribution is 5.43. The third-order valence-electron chi connectivity index (χ3n) is 4.64. The molecule has 114 valence electrons. The highest BCUT2D eigenvalue weighted by Crippen LogP contribution is 2.45. The minimum Gasteiger partial charge on any atom is -0.475 e. The molecule has 2 aliphatic carbocycles. The molecule has 2 bridgehead atoms. The minimum atomic E-state index is 0.479. The number of methoxy groups -OCH3 is 1. The minimum absolute atomic E-state index is 0.479. The molecule has 0 amide bonds. The number of fused-ring (bicyclic) bond motifs is 2. The molecule has 1 aromatic heterocycles. The third kappa shape index (κ3) is 3.38. The fourth-order valence-electron chi connectivity index (χ4n) is 3.55. The van der Waals surface area contributed by atoms with Crippen molar-refractivity contribution in [2.75, 3.05) is 25.6 Å². The Morgan fingerprint density at radius 2 is 2.19 bits per heavy atom. The first-order valence-electron chi connectivity index (χ1n) is 7.79. The summed E-state index contributed by atoms with van der Waals surface area (Å²) in [4.78, 5) is 4.32. The SMILES string of the molecule is COCCOc1ccc(NC(C)C2CC3C=CC2C3)cn1. The van der Waals surface area contributed by atoms with Crippen LogP contribution in [0.4, 0.5) is 5.69 Å². The Bertz CT molecular complexity index is 486. The molecule has 0 saturated heterocycles. The Labute approximate surface area is 126 Å². The number of nitrogens with one attached hydrogen (secondary N) is 1. The van der Waals surface area contributed by atoms with Crippen molar-refractivity contribution in [1.29, 1.82) is 0 Å². The molecule has 1 fully saturated rings. The second kappa shape index (κ2) is 6.48. The summed E-state index contributed by atoms with van der Waals surface area (Å²) in [5.41, 5.74) is 1.06. The number of hydrogen-bond donors (Lipinski definition) is 1. The molecule has 4 atom stereocenters. The molecular formula is C17H24N2O2. The van der Waals surface area contributed by atoms with Crippen molar-refractivity contribution in [3.63, 3.8) is 0 Å². The van der Waals surface area contributed by atoms with Crippen LogP contribution in [0.5, 0.6) is 5.88 Å². The van der Waals surface area contributed by atoms with Gasteiger partial charge in [-0.1, -0.05) is 12.2 Å². The van der Waals surface area contributed by atoms with Gasteiger partial charge in [-0.05, 0) is 43.6 Å². The molecule has 4 heteroatoms. The number of allylic oxidation sites excluding steroid dienone is 2. The van der Waals surface area contributed by atoms with E-state index >= 15 is 0 Å². The van der Waals surface area contributed by atoms with E-state index in [2.05, 4.69) is 29.4 Å². The fourth-order valence-corrected chi connectivity index (χ4v) is 3.55. The zero-order valence-electron chi connectivity index (χ0n) is 12.8. The number of ether oxygens (including phenoxy) is 2. The molecule has 1 heterocycles. The van der Waals surface area contributed by atoms with Crippen LogP contribution in [0, 0.1) is 17.8 Å². The van der Waals surface area contributed by atoms with Crippen LogP contribution in [-0.2, 0) is 4.74 Å². The monoisotopic (exact) mass is 288 g/mol. The van der Waals surface area contributed by atoms with Gasteiger partial charge in [0, 0.05) is 19.2 Å². The molecule has 2 aliphatic rings. The van der Waals surface area contributed by atoms with Crippen LogP contribution >= 0.6 is 0 Å². The zero-order valence-corrected chi connectivity index (χ0v) is 12.8. The van der Waals surface area contributed by atoms with E-state index in [0.717, 1.165) is 23.4 Å². The van der Waals surface area contributed by atoms with E-state index in [1.807, 2.05) is 18.3 Å². The lowest BCUT2D eigenvalue weighted by Gasteiger charge is -2.27. The molecule has 4 nitrogen and oxygen atoms in total.